The third kappa shape index (κ3) is 3.24. The van der Waals surface area contributed by atoms with Gasteiger partial charge in [-0.15, -0.1) is 0 Å². The number of aryl methyl sites for hydroxylation is 1. The molecule has 6 nitrogen and oxygen atoms in total. The van der Waals surface area contributed by atoms with E-state index in [0.29, 0.717) is 11.4 Å². The molecule has 0 radical (unpaired) electrons. The first-order chi connectivity index (χ1) is 11.9. The summed E-state index contributed by atoms with van der Waals surface area (Å²) in [6, 6.07) is 11.1. The molecule has 128 valence electrons. The van der Waals surface area contributed by atoms with E-state index in [1.54, 1.807) is 19.1 Å². The van der Waals surface area contributed by atoms with Gasteiger partial charge in [0.05, 0.1) is 17.2 Å². The lowest BCUT2D eigenvalue weighted by Gasteiger charge is -2.14. The molecule has 1 amide bonds. The molecule has 1 aliphatic heterocycles. The number of Topliss-reactive ketones (excluding diaryl/α,β-unsaturated/α-hetero) is 1. The number of phenols is 2. The average Bonchev–Trinajstić information content (AvgIpc) is 2.86. The molecule has 6 heteroatoms. The maximum Gasteiger partial charge on any atom is 0.256 e. The number of carbonyl (C=O) groups excluding carboxylic acids is 2. The monoisotopic (exact) mass is 338 g/mol. The fraction of sp³-hybridized carbons (Fsp3) is 0.211. The quantitative estimate of drug-likeness (QED) is 0.662. The third-order valence-electron chi connectivity index (χ3n) is 4.22. The van der Waals surface area contributed by atoms with E-state index in [1.807, 2.05) is 19.1 Å². The predicted octanol–water partition coefficient (Wildman–Crippen LogP) is 3.02. The number of hydrogen-bond donors (Lipinski definition) is 2. The van der Waals surface area contributed by atoms with Crippen LogP contribution in [0, 0.1) is 12.8 Å². The summed E-state index contributed by atoms with van der Waals surface area (Å²) in [5.41, 5.74) is 2.25. The minimum atomic E-state index is -0.685. The molecule has 2 aromatic carbocycles. The number of carbonyl (C=O) groups is 2. The minimum Gasteiger partial charge on any atom is -0.508 e. The van der Waals surface area contributed by atoms with Gasteiger partial charge in [0.2, 0.25) is 0 Å². The molecule has 1 heterocycles. The van der Waals surface area contributed by atoms with Crippen molar-refractivity contribution in [1.29, 1.82) is 0 Å². The predicted molar refractivity (Wildman–Crippen MR) is 94.0 cm³/mol. The zero-order valence-electron chi connectivity index (χ0n) is 13.9. The summed E-state index contributed by atoms with van der Waals surface area (Å²) in [6.07, 6.45) is -0.118. The molecule has 2 N–H and O–H groups in total. The Morgan fingerprint density at radius 2 is 1.80 bits per heavy atom. The Labute approximate surface area is 145 Å². The van der Waals surface area contributed by atoms with Crippen LogP contribution in [0.2, 0.25) is 0 Å². The topological polar surface area (TPSA) is 90.2 Å². The number of benzene rings is 2. The lowest BCUT2D eigenvalue weighted by molar-refractivity contribution is -0.119. The first kappa shape index (κ1) is 16.7. The van der Waals surface area contributed by atoms with Crippen LogP contribution in [0.25, 0.3) is 0 Å². The lowest BCUT2D eigenvalue weighted by Crippen LogP contribution is -2.28. The summed E-state index contributed by atoms with van der Waals surface area (Å²) in [6.45, 7) is 3.65. The van der Waals surface area contributed by atoms with Gasteiger partial charge in [0.1, 0.15) is 11.5 Å². The Bertz CT molecular complexity index is 871. The van der Waals surface area contributed by atoms with Crippen LogP contribution in [-0.4, -0.2) is 27.6 Å². The van der Waals surface area contributed by atoms with E-state index in [2.05, 4.69) is 5.10 Å². The molecule has 0 bridgehead atoms. The fourth-order valence-corrected chi connectivity index (χ4v) is 2.75. The average molecular weight is 338 g/mol. The standard InChI is InChI=1S/C19H18N2O4/c1-11-3-5-13(6-4-11)21-19(25)15(12(2)20-21)10-18(24)16-9-14(22)7-8-17(16)23/h3-9,15,22-23H,10H2,1-2H3. The molecule has 2 aromatic rings. The van der Waals surface area contributed by atoms with Gasteiger partial charge in [-0.05, 0) is 44.2 Å². The zero-order chi connectivity index (χ0) is 18.1. The van der Waals surface area contributed by atoms with Gasteiger partial charge in [-0.2, -0.15) is 5.10 Å². The summed E-state index contributed by atoms with van der Waals surface area (Å²) < 4.78 is 0. The zero-order valence-corrected chi connectivity index (χ0v) is 13.9. The Morgan fingerprint density at radius 3 is 2.48 bits per heavy atom. The Morgan fingerprint density at radius 1 is 1.12 bits per heavy atom. The van der Waals surface area contributed by atoms with Crippen molar-refractivity contribution in [3.8, 4) is 11.5 Å². The highest BCUT2D eigenvalue weighted by Crippen LogP contribution is 2.29. The van der Waals surface area contributed by atoms with Gasteiger partial charge in [0.25, 0.3) is 5.91 Å². The van der Waals surface area contributed by atoms with Gasteiger partial charge in [0.15, 0.2) is 5.78 Å². The Balaban J connectivity index is 1.81. The van der Waals surface area contributed by atoms with Crippen LogP contribution in [-0.2, 0) is 4.79 Å². The number of phenolic OH excluding ortho intramolecular Hbond substituents is 2. The van der Waals surface area contributed by atoms with Crippen LogP contribution in [0.15, 0.2) is 47.6 Å². The number of ketones is 1. The molecule has 3 rings (SSSR count). The fourth-order valence-electron chi connectivity index (χ4n) is 2.75. The second-order valence-corrected chi connectivity index (χ2v) is 6.11. The maximum atomic E-state index is 12.7. The van der Waals surface area contributed by atoms with E-state index in [-0.39, 0.29) is 29.4 Å². The number of rotatable bonds is 4. The number of nitrogens with zero attached hydrogens (tertiary/aromatic N) is 2. The molecule has 1 unspecified atom stereocenters. The second kappa shape index (κ2) is 6.39. The molecule has 1 atom stereocenters. The van der Waals surface area contributed by atoms with Crippen molar-refractivity contribution in [3.05, 3.63) is 53.6 Å². The normalized spacial score (nSPS) is 16.9. The molecule has 25 heavy (non-hydrogen) atoms. The van der Waals surface area contributed by atoms with E-state index < -0.39 is 11.7 Å². The van der Waals surface area contributed by atoms with Gasteiger partial charge in [-0.1, -0.05) is 17.7 Å². The number of hydrazone groups is 1. The molecule has 1 aliphatic rings. The van der Waals surface area contributed by atoms with Gasteiger partial charge >= 0.3 is 0 Å². The van der Waals surface area contributed by atoms with Crippen molar-refractivity contribution in [1.82, 2.24) is 0 Å². The van der Waals surface area contributed by atoms with E-state index in [4.69, 9.17) is 0 Å². The van der Waals surface area contributed by atoms with Crippen molar-refractivity contribution >= 4 is 23.1 Å². The highest BCUT2D eigenvalue weighted by atomic mass is 16.3. The molecular weight excluding hydrogens is 320 g/mol. The van der Waals surface area contributed by atoms with Crippen molar-refractivity contribution in [2.75, 3.05) is 5.01 Å². The third-order valence-corrected chi connectivity index (χ3v) is 4.22. The van der Waals surface area contributed by atoms with Crippen LogP contribution >= 0.6 is 0 Å². The summed E-state index contributed by atoms with van der Waals surface area (Å²) in [4.78, 5) is 25.1. The smallest absolute Gasteiger partial charge is 0.256 e. The molecule has 0 saturated carbocycles. The van der Waals surface area contributed by atoms with E-state index >= 15 is 0 Å². The number of hydrogen-bond acceptors (Lipinski definition) is 5. The maximum absolute atomic E-state index is 12.7. The van der Waals surface area contributed by atoms with Crippen molar-refractivity contribution in [3.63, 3.8) is 0 Å². The summed E-state index contributed by atoms with van der Waals surface area (Å²) in [5.74, 6) is -1.74. The Kier molecular flexibility index (Phi) is 4.27. The van der Waals surface area contributed by atoms with E-state index in [0.717, 1.165) is 5.56 Å². The molecule has 0 spiro atoms. The SMILES string of the molecule is CC1=NN(c2ccc(C)cc2)C(=O)C1CC(=O)c1cc(O)ccc1O. The van der Waals surface area contributed by atoms with E-state index in [1.165, 1.54) is 23.2 Å². The van der Waals surface area contributed by atoms with Crippen molar-refractivity contribution < 1.29 is 19.8 Å². The molecule has 0 aromatic heterocycles. The summed E-state index contributed by atoms with van der Waals surface area (Å²) in [7, 11) is 0. The number of anilines is 1. The Hall–Kier alpha value is -3.15. The van der Waals surface area contributed by atoms with Gasteiger partial charge in [0, 0.05) is 12.1 Å². The molecule has 0 fully saturated rings. The van der Waals surface area contributed by atoms with Crippen LogP contribution in [0.1, 0.15) is 29.3 Å². The van der Waals surface area contributed by atoms with Crippen LogP contribution in [0.3, 0.4) is 0 Å². The largest absolute Gasteiger partial charge is 0.508 e. The summed E-state index contributed by atoms with van der Waals surface area (Å²) in [5, 5.41) is 24.9. The van der Waals surface area contributed by atoms with E-state index in [9.17, 15) is 19.8 Å². The van der Waals surface area contributed by atoms with Gasteiger partial charge < -0.3 is 10.2 Å². The summed E-state index contributed by atoms with van der Waals surface area (Å²) >= 11 is 0. The number of aromatic hydroxyl groups is 2. The second-order valence-electron chi connectivity index (χ2n) is 6.11. The first-order valence-corrected chi connectivity index (χ1v) is 7.87. The molecular formula is C19H18N2O4. The van der Waals surface area contributed by atoms with Crippen LogP contribution < -0.4 is 5.01 Å². The van der Waals surface area contributed by atoms with Gasteiger partial charge in [-0.3, -0.25) is 9.59 Å². The highest BCUT2D eigenvalue weighted by molar-refractivity contribution is 6.17. The lowest BCUT2D eigenvalue weighted by atomic mass is 9.94. The highest BCUT2D eigenvalue weighted by Gasteiger charge is 2.36. The first-order valence-electron chi connectivity index (χ1n) is 7.87. The molecule has 0 saturated heterocycles. The number of amides is 1. The van der Waals surface area contributed by atoms with Gasteiger partial charge in [-0.25, -0.2) is 5.01 Å². The van der Waals surface area contributed by atoms with Crippen molar-refractivity contribution in [2.24, 2.45) is 11.0 Å². The van der Waals surface area contributed by atoms with Crippen LogP contribution in [0.5, 0.6) is 11.5 Å². The molecule has 0 aliphatic carbocycles. The van der Waals surface area contributed by atoms with Crippen molar-refractivity contribution in [2.45, 2.75) is 20.3 Å². The minimum absolute atomic E-state index is 0.00520. The van der Waals surface area contributed by atoms with Crippen LogP contribution in [0.4, 0.5) is 5.69 Å².